The highest BCUT2D eigenvalue weighted by Gasteiger charge is 2.13. The molecule has 1 aliphatic heterocycles. The van der Waals surface area contributed by atoms with Gasteiger partial charge in [-0.25, -0.2) is 4.79 Å². The molecule has 1 saturated heterocycles. The Morgan fingerprint density at radius 3 is 3.00 bits per heavy atom. The molecule has 17 heavy (non-hydrogen) atoms. The first-order valence-corrected chi connectivity index (χ1v) is 5.96. The third-order valence-electron chi connectivity index (χ3n) is 3.24. The van der Waals surface area contributed by atoms with Crippen molar-refractivity contribution < 1.29 is 0 Å². The zero-order valence-corrected chi connectivity index (χ0v) is 9.55. The predicted octanol–water partition coefficient (Wildman–Crippen LogP) is 0.308. The average Bonchev–Trinajstić information content (AvgIpc) is 2.92. The minimum absolute atomic E-state index is 0.148. The fourth-order valence-electron chi connectivity index (χ4n) is 2.28. The molecule has 1 atom stereocenters. The number of hydrogen-bond donors (Lipinski definition) is 4. The van der Waals surface area contributed by atoms with Crippen LogP contribution in [0.1, 0.15) is 12.0 Å². The van der Waals surface area contributed by atoms with Crippen LogP contribution in [0, 0.1) is 0 Å². The van der Waals surface area contributed by atoms with E-state index in [-0.39, 0.29) is 5.69 Å². The van der Waals surface area contributed by atoms with Crippen LogP contribution in [0.4, 0.5) is 0 Å². The summed E-state index contributed by atoms with van der Waals surface area (Å²) in [5, 5.41) is 6.83. The summed E-state index contributed by atoms with van der Waals surface area (Å²) < 4.78 is 0. The summed E-state index contributed by atoms with van der Waals surface area (Å²) >= 11 is 0. The molecule has 3 rings (SSSR count). The van der Waals surface area contributed by atoms with E-state index < -0.39 is 0 Å². The van der Waals surface area contributed by atoms with Crippen LogP contribution in [0.15, 0.2) is 23.0 Å². The maximum Gasteiger partial charge on any atom is 0.323 e. The molecule has 0 aliphatic carbocycles. The Hall–Kier alpha value is -1.59. The van der Waals surface area contributed by atoms with E-state index >= 15 is 0 Å². The standard InChI is InChI=1S/C12H16N4O/c17-12-15-10-2-1-8(5-11(10)16-12)6-14-9-3-4-13-7-9/h1-2,5,9,13-14H,3-4,6-7H2,(H2,15,16,17). The molecule has 0 saturated carbocycles. The highest BCUT2D eigenvalue weighted by atomic mass is 16.1. The summed E-state index contributed by atoms with van der Waals surface area (Å²) in [7, 11) is 0. The molecule has 0 radical (unpaired) electrons. The van der Waals surface area contributed by atoms with Gasteiger partial charge in [0.25, 0.3) is 0 Å². The molecule has 5 heteroatoms. The van der Waals surface area contributed by atoms with Crippen LogP contribution >= 0.6 is 0 Å². The lowest BCUT2D eigenvalue weighted by Gasteiger charge is -2.10. The van der Waals surface area contributed by atoms with Crippen molar-refractivity contribution in [3.8, 4) is 0 Å². The van der Waals surface area contributed by atoms with Crippen LogP contribution < -0.4 is 16.3 Å². The van der Waals surface area contributed by atoms with Crippen molar-refractivity contribution >= 4 is 11.0 Å². The van der Waals surface area contributed by atoms with Gasteiger partial charge in [-0.1, -0.05) is 6.07 Å². The maximum atomic E-state index is 11.1. The lowest BCUT2D eigenvalue weighted by molar-refractivity contribution is 0.547. The van der Waals surface area contributed by atoms with E-state index in [4.69, 9.17) is 0 Å². The monoisotopic (exact) mass is 232 g/mol. The Kier molecular flexibility index (Phi) is 2.70. The summed E-state index contributed by atoms with van der Waals surface area (Å²) in [5.74, 6) is 0. The molecule has 1 aromatic heterocycles. The van der Waals surface area contributed by atoms with Gasteiger partial charge in [-0.05, 0) is 30.7 Å². The number of aromatic nitrogens is 2. The van der Waals surface area contributed by atoms with Gasteiger partial charge in [0.1, 0.15) is 0 Å². The summed E-state index contributed by atoms with van der Waals surface area (Å²) in [5.41, 5.74) is 2.78. The molecule has 1 aromatic carbocycles. The highest BCUT2D eigenvalue weighted by molar-refractivity contribution is 5.74. The Balaban J connectivity index is 1.73. The van der Waals surface area contributed by atoms with Crippen molar-refractivity contribution in [3.63, 3.8) is 0 Å². The number of aromatic amines is 2. The molecular formula is C12H16N4O. The second kappa shape index (κ2) is 4.35. The Bertz CT molecular complexity index is 565. The van der Waals surface area contributed by atoms with Crippen LogP contribution in [0.2, 0.25) is 0 Å². The van der Waals surface area contributed by atoms with Crippen LogP contribution in [0.5, 0.6) is 0 Å². The van der Waals surface area contributed by atoms with E-state index in [2.05, 4.69) is 20.6 Å². The van der Waals surface area contributed by atoms with Crippen LogP contribution in [-0.2, 0) is 6.54 Å². The first-order valence-electron chi connectivity index (χ1n) is 5.96. The smallest absolute Gasteiger partial charge is 0.315 e. The molecule has 0 amide bonds. The number of fused-ring (bicyclic) bond motifs is 1. The molecule has 1 unspecified atom stereocenters. The lowest BCUT2D eigenvalue weighted by atomic mass is 10.2. The summed E-state index contributed by atoms with van der Waals surface area (Å²) in [6, 6.07) is 6.57. The SMILES string of the molecule is O=c1[nH]c2ccc(CNC3CCNC3)cc2[nH]1. The van der Waals surface area contributed by atoms with Gasteiger partial charge in [0.15, 0.2) is 0 Å². The topological polar surface area (TPSA) is 72.7 Å². The van der Waals surface area contributed by atoms with Crippen molar-refractivity contribution in [2.45, 2.75) is 19.0 Å². The molecule has 5 nitrogen and oxygen atoms in total. The van der Waals surface area contributed by atoms with Gasteiger partial charge in [-0.15, -0.1) is 0 Å². The molecule has 2 heterocycles. The highest BCUT2D eigenvalue weighted by Crippen LogP contribution is 2.10. The molecular weight excluding hydrogens is 216 g/mol. The number of benzene rings is 1. The van der Waals surface area contributed by atoms with E-state index in [0.717, 1.165) is 30.7 Å². The zero-order chi connectivity index (χ0) is 11.7. The van der Waals surface area contributed by atoms with Crippen LogP contribution in [0.25, 0.3) is 11.0 Å². The fraction of sp³-hybridized carbons (Fsp3) is 0.417. The molecule has 2 aromatic rings. The second-order valence-corrected chi connectivity index (χ2v) is 4.53. The minimum Gasteiger partial charge on any atom is -0.315 e. The van der Waals surface area contributed by atoms with Gasteiger partial charge in [0.05, 0.1) is 11.0 Å². The summed E-state index contributed by atoms with van der Waals surface area (Å²) in [6.07, 6.45) is 1.18. The van der Waals surface area contributed by atoms with Crippen molar-refractivity contribution in [2.75, 3.05) is 13.1 Å². The first-order chi connectivity index (χ1) is 8.31. The normalized spacial score (nSPS) is 20.1. The Morgan fingerprint density at radius 1 is 1.29 bits per heavy atom. The van der Waals surface area contributed by atoms with Gasteiger partial charge < -0.3 is 20.6 Å². The van der Waals surface area contributed by atoms with E-state index in [1.165, 1.54) is 12.0 Å². The zero-order valence-electron chi connectivity index (χ0n) is 9.55. The number of imidazole rings is 1. The average molecular weight is 232 g/mol. The van der Waals surface area contributed by atoms with Crippen LogP contribution in [-0.4, -0.2) is 29.1 Å². The Labute approximate surface area is 98.6 Å². The number of hydrogen-bond acceptors (Lipinski definition) is 3. The maximum absolute atomic E-state index is 11.1. The number of H-pyrrole nitrogens is 2. The van der Waals surface area contributed by atoms with Crippen LogP contribution in [0.3, 0.4) is 0 Å². The van der Waals surface area contributed by atoms with Gasteiger partial charge in [0, 0.05) is 19.1 Å². The minimum atomic E-state index is -0.148. The van der Waals surface area contributed by atoms with Gasteiger partial charge in [0.2, 0.25) is 0 Å². The van der Waals surface area contributed by atoms with Crippen molar-refractivity contribution in [1.82, 2.24) is 20.6 Å². The van der Waals surface area contributed by atoms with E-state index in [0.29, 0.717) is 6.04 Å². The van der Waals surface area contributed by atoms with Gasteiger partial charge >= 0.3 is 5.69 Å². The van der Waals surface area contributed by atoms with Gasteiger partial charge in [-0.2, -0.15) is 0 Å². The van der Waals surface area contributed by atoms with E-state index in [1.807, 2.05) is 18.2 Å². The Morgan fingerprint density at radius 2 is 2.18 bits per heavy atom. The summed E-state index contributed by atoms with van der Waals surface area (Å²) in [6.45, 7) is 2.99. The molecule has 1 aliphatic rings. The van der Waals surface area contributed by atoms with E-state index in [9.17, 15) is 4.79 Å². The third kappa shape index (κ3) is 2.25. The molecule has 1 fully saturated rings. The van der Waals surface area contributed by atoms with E-state index in [1.54, 1.807) is 0 Å². The lowest BCUT2D eigenvalue weighted by Crippen LogP contribution is -2.30. The molecule has 0 spiro atoms. The molecule has 90 valence electrons. The summed E-state index contributed by atoms with van der Waals surface area (Å²) in [4.78, 5) is 16.6. The molecule has 4 N–H and O–H groups in total. The number of nitrogens with one attached hydrogen (secondary N) is 4. The first kappa shape index (κ1) is 10.6. The van der Waals surface area contributed by atoms with Gasteiger partial charge in [-0.3, -0.25) is 0 Å². The third-order valence-corrected chi connectivity index (χ3v) is 3.24. The predicted molar refractivity (Wildman–Crippen MR) is 67.0 cm³/mol. The van der Waals surface area contributed by atoms with Crippen molar-refractivity contribution in [3.05, 3.63) is 34.2 Å². The second-order valence-electron chi connectivity index (χ2n) is 4.53. The number of rotatable bonds is 3. The quantitative estimate of drug-likeness (QED) is 0.615. The van der Waals surface area contributed by atoms with Crippen molar-refractivity contribution in [2.24, 2.45) is 0 Å². The molecule has 0 bridgehead atoms. The fourth-order valence-corrected chi connectivity index (χ4v) is 2.28. The largest absolute Gasteiger partial charge is 0.323 e. The van der Waals surface area contributed by atoms with Crippen molar-refractivity contribution in [1.29, 1.82) is 0 Å².